The van der Waals surface area contributed by atoms with Crippen LogP contribution in [0.2, 0.25) is 0 Å². The van der Waals surface area contributed by atoms with Crippen molar-refractivity contribution in [3.63, 3.8) is 0 Å². The summed E-state index contributed by atoms with van der Waals surface area (Å²) >= 11 is 0. The minimum atomic E-state index is -0.0162. The summed E-state index contributed by atoms with van der Waals surface area (Å²) in [7, 11) is 0. The van der Waals surface area contributed by atoms with Crippen LogP contribution in [0.1, 0.15) is 24.5 Å². The largest absolute Gasteiger partial charge is 0.359 e. The maximum absolute atomic E-state index is 6.22. The number of rotatable bonds is 5. The van der Waals surface area contributed by atoms with Crippen molar-refractivity contribution in [2.75, 3.05) is 19.7 Å². The molecule has 3 aliphatic heterocycles. The standard InChI is InChI=1S/C22H24N2O/c1-3-13-25-22(19-9-11-23-20-8-6-5-7-18(19)20)21-14-17-10-12-24(21)15-16(17)4-2/h1,4-9,11,16-17,21-22H,2,10,12-15H2/t16-,17-,21-,22+/m0/s1. The highest BCUT2D eigenvalue weighted by Crippen LogP contribution is 2.43. The Kier molecular flexibility index (Phi) is 4.57. The van der Waals surface area contributed by atoms with Gasteiger partial charge >= 0.3 is 0 Å². The molecule has 0 aliphatic carbocycles. The molecule has 3 aliphatic rings. The van der Waals surface area contributed by atoms with E-state index >= 15 is 0 Å². The van der Waals surface area contributed by atoms with Gasteiger partial charge in [-0.2, -0.15) is 0 Å². The summed E-state index contributed by atoms with van der Waals surface area (Å²) in [6, 6.07) is 10.7. The summed E-state index contributed by atoms with van der Waals surface area (Å²) in [5.41, 5.74) is 2.21. The molecule has 1 aromatic heterocycles. The third-order valence-corrected chi connectivity index (χ3v) is 5.84. The van der Waals surface area contributed by atoms with Gasteiger partial charge in [0.05, 0.1) is 11.6 Å². The van der Waals surface area contributed by atoms with Gasteiger partial charge in [-0.1, -0.05) is 30.2 Å². The molecule has 0 amide bonds. The van der Waals surface area contributed by atoms with E-state index in [2.05, 4.69) is 52.7 Å². The fourth-order valence-corrected chi connectivity index (χ4v) is 4.60. The minimum Gasteiger partial charge on any atom is -0.359 e. The molecular weight excluding hydrogens is 308 g/mol. The second kappa shape index (κ2) is 7.00. The summed E-state index contributed by atoms with van der Waals surface area (Å²) in [6.45, 7) is 6.58. The van der Waals surface area contributed by atoms with Crippen LogP contribution in [0.3, 0.4) is 0 Å². The smallest absolute Gasteiger partial charge is 0.108 e. The van der Waals surface area contributed by atoms with E-state index in [1.165, 1.54) is 12.0 Å². The lowest BCUT2D eigenvalue weighted by Crippen LogP contribution is -2.55. The summed E-state index contributed by atoms with van der Waals surface area (Å²) in [5.74, 6) is 3.96. The van der Waals surface area contributed by atoms with Crippen molar-refractivity contribution in [3.05, 3.63) is 54.7 Å². The Hall–Kier alpha value is -2.15. The van der Waals surface area contributed by atoms with Gasteiger partial charge < -0.3 is 4.74 Å². The molecule has 0 N–H and O–H groups in total. The van der Waals surface area contributed by atoms with Crippen molar-refractivity contribution in [2.24, 2.45) is 11.8 Å². The molecule has 3 heteroatoms. The molecule has 0 radical (unpaired) electrons. The molecule has 3 fully saturated rings. The van der Waals surface area contributed by atoms with Gasteiger partial charge in [-0.25, -0.2) is 0 Å². The quantitative estimate of drug-likeness (QED) is 0.615. The Morgan fingerprint density at radius 2 is 2.28 bits per heavy atom. The minimum absolute atomic E-state index is 0.0162. The number of para-hydroxylation sites is 1. The van der Waals surface area contributed by atoms with Crippen molar-refractivity contribution in [1.29, 1.82) is 0 Å². The number of benzene rings is 1. The van der Waals surface area contributed by atoms with E-state index < -0.39 is 0 Å². The highest BCUT2D eigenvalue weighted by Gasteiger charge is 2.43. The van der Waals surface area contributed by atoms with E-state index in [-0.39, 0.29) is 6.10 Å². The number of pyridine rings is 1. The zero-order valence-corrected chi connectivity index (χ0v) is 14.5. The first-order valence-corrected chi connectivity index (χ1v) is 9.07. The van der Waals surface area contributed by atoms with Crippen LogP contribution in [0.15, 0.2) is 49.2 Å². The highest BCUT2D eigenvalue weighted by atomic mass is 16.5. The third kappa shape index (κ3) is 2.97. The number of nitrogens with zero attached hydrogens (tertiary/aromatic N) is 2. The van der Waals surface area contributed by atoms with Gasteiger partial charge in [0.15, 0.2) is 0 Å². The van der Waals surface area contributed by atoms with Gasteiger partial charge in [-0.05, 0) is 48.9 Å². The number of hydrogen-bond acceptors (Lipinski definition) is 3. The molecule has 2 bridgehead atoms. The Bertz CT molecular complexity index is 804. The predicted molar refractivity (Wildman–Crippen MR) is 101 cm³/mol. The van der Waals surface area contributed by atoms with Gasteiger partial charge in [0.1, 0.15) is 6.61 Å². The van der Waals surface area contributed by atoms with Gasteiger partial charge in [0.2, 0.25) is 0 Å². The molecule has 0 saturated carbocycles. The monoisotopic (exact) mass is 332 g/mol. The van der Waals surface area contributed by atoms with E-state index in [0.29, 0.717) is 24.5 Å². The Morgan fingerprint density at radius 1 is 1.40 bits per heavy atom. The molecule has 5 rings (SSSR count). The second-order valence-electron chi connectivity index (χ2n) is 7.10. The van der Waals surface area contributed by atoms with E-state index in [1.54, 1.807) is 0 Å². The third-order valence-electron chi connectivity index (χ3n) is 5.84. The predicted octanol–water partition coefficient (Wildman–Crippen LogP) is 3.82. The normalized spacial score (nSPS) is 29.2. The number of aromatic nitrogens is 1. The summed E-state index contributed by atoms with van der Waals surface area (Å²) in [5, 5.41) is 1.16. The Labute approximate surface area is 149 Å². The first-order chi connectivity index (χ1) is 12.3. The van der Waals surface area contributed by atoms with Crippen LogP contribution in [-0.2, 0) is 4.74 Å². The second-order valence-corrected chi connectivity index (χ2v) is 7.10. The summed E-state index contributed by atoms with van der Waals surface area (Å²) in [4.78, 5) is 7.07. The number of fused-ring (bicyclic) bond motifs is 4. The lowest BCUT2D eigenvalue weighted by atomic mass is 9.73. The Balaban J connectivity index is 1.72. The van der Waals surface area contributed by atoms with Crippen molar-refractivity contribution < 1.29 is 4.74 Å². The molecule has 128 valence electrons. The maximum atomic E-state index is 6.22. The molecule has 1 aromatic carbocycles. The van der Waals surface area contributed by atoms with Crippen LogP contribution in [0, 0.1) is 24.2 Å². The van der Waals surface area contributed by atoms with E-state index in [1.807, 2.05) is 12.3 Å². The van der Waals surface area contributed by atoms with Crippen LogP contribution in [0.25, 0.3) is 10.9 Å². The van der Waals surface area contributed by atoms with Crippen LogP contribution in [0.4, 0.5) is 0 Å². The maximum Gasteiger partial charge on any atom is 0.108 e. The molecule has 1 unspecified atom stereocenters. The van der Waals surface area contributed by atoms with Crippen molar-refractivity contribution >= 4 is 10.9 Å². The number of ether oxygens (including phenoxy) is 1. The van der Waals surface area contributed by atoms with Crippen LogP contribution >= 0.6 is 0 Å². The first-order valence-electron chi connectivity index (χ1n) is 9.07. The molecule has 0 spiro atoms. The SMILES string of the molecule is C#CCO[C@H](c1ccnc2ccccc12)[C@@H]1C[C@@H]2CCN1C[C@@H]2C=C. The number of piperidine rings is 3. The zero-order chi connectivity index (χ0) is 17.2. The molecule has 3 saturated heterocycles. The van der Waals surface area contributed by atoms with Crippen LogP contribution in [-0.4, -0.2) is 35.6 Å². The molecule has 2 aromatic rings. The lowest BCUT2D eigenvalue weighted by Gasteiger charge is -2.51. The van der Waals surface area contributed by atoms with Crippen LogP contribution < -0.4 is 0 Å². The fraction of sp³-hybridized carbons (Fsp3) is 0.409. The van der Waals surface area contributed by atoms with Crippen molar-refractivity contribution in [3.8, 4) is 12.3 Å². The molecule has 3 nitrogen and oxygen atoms in total. The lowest BCUT2D eigenvalue weighted by molar-refractivity contribution is -0.0673. The first kappa shape index (κ1) is 16.3. The Morgan fingerprint density at radius 3 is 3.04 bits per heavy atom. The summed E-state index contributed by atoms with van der Waals surface area (Å²) in [6.07, 6.45) is 11.9. The highest BCUT2D eigenvalue weighted by molar-refractivity contribution is 5.82. The van der Waals surface area contributed by atoms with E-state index in [4.69, 9.17) is 11.2 Å². The van der Waals surface area contributed by atoms with Gasteiger partial charge in [0.25, 0.3) is 0 Å². The fourth-order valence-electron chi connectivity index (χ4n) is 4.60. The van der Waals surface area contributed by atoms with Gasteiger partial charge in [-0.15, -0.1) is 13.0 Å². The molecule has 4 heterocycles. The molecule has 25 heavy (non-hydrogen) atoms. The summed E-state index contributed by atoms with van der Waals surface area (Å²) < 4.78 is 6.22. The van der Waals surface area contributed by atoms with Crippen molar-refractivity contribution in [2.45, 2.75) is 25.0 Å². The van der Waals surface area contributed by atoms with Gasteiger partial charge in [-0.3, -0.25) is 9.88 Å². The van der Waals surface area contributed by atoms with Crippen LogP contribution in [0.5, 0.6) is 0 Å². The number of terminal acetylenes is 1. The average molecular weight is 332 g/mol. The van der Waals surface area contributed by atoms with E-state index in [9.17, 15) is 0 Å². The average Bonchev–Trinajstić information content (AvgIpc) is 2.69. The van der Waals surface area contributed by atoms with Gasteiger partial charge in [0, 0.05) is 24.2 Å². The zero-order valence-electron chi connectivity index (χ0n) is 14.5. The molecule has 5 atom stereocenters. The number of hydrogen-bond donors (Lipinski definition) is 0. The van der Waals surface area contributed by atoms with E-state index in [0.717, 1.165) is 30.4 Å². The van der Waals surface area contributed by atoms with Crippen molar-refractivity contribution in [1.82, 2.24) is 9.88 Å². The topological polar surface area (TPSA) is 25.4 Å². The molecular formula is C22H24N2O.